The van der Waals surface area contributed by atoms with Crippen molar-refractivity contribution in [3.63, 3.8) is 0 Å². The van der Waals surface area contributed by atoms with Gasteiger partial charge in [0.25, 0.3) is 0 Å². The molecule has 0 amide bonds. The number of methoxy groups -OCH3 is 1. The lowest BCUT2D eigenvalue weighted by Gasteiger charge is -2.05. The molecule has 2 rings (SSSR count). The van der Waals surface area contributed by atoms with Gasteiger partial charge >= 0.3 is 0 Å². The van der Waals surface area contributed by atoms with Gasteiger partial charge in [0.15, 0.2) is 0 Å². The van der Waals surface area contributed by atoms with Crippen LogP contribution in [-0.4, -0.2) is 12.1 Å². The zero-order chi connectivity index (χ0) is 12.1. The van der Waals surface area contributed by atoms with Crippen LogP contribution < -0.4 is 9.47 Å². The van der Waals surface area contributed by atoms with Crippen LogP contribution >= 0.6 is 0 Å². The number of ether oxygens (including phenoxy) is 2. The van der Waals surface area contributed by atoms with E-state index >= 15 is 0 Å². The van der Waals surface area contributed by atoms with Crippen LogP contribution in [0.5, 0.6) is 17.4 Å². The van der Waals surface area contributed by atoms with Gasteiger partial charge in [-0.25, -0.2) is 4.98 Å². The summed E-state index contributed by atoms with van der Waals surface area (Å²) in [5, 5.41) is 8.75. The van der Waals surface area contributed by atoms with Gasteiger partial charge in [-0.15, -0.1) is 0 Å². The zero-order valence-corrected chi connectivity index (χ0v) is 9.25. The molecule has 0 unspecified atom stereocenters. The molecule has 0 saturated heterocycles. The lowest BCUT2D eigenvalue weighted by Crippen LogP contribution is -1.89. The van der Waals surface area contributed by atoms with Gasteiger partial charge in [0, 0.05) is 12.3 Å². The number of aromatic nitrogens is 1. The SMILES string of the molecule is COc1ccc(Oc2cc(C#N)ccn2)cc1. The van der Waals surface area contributed by atoms with Crippen molar-refractivity contribution in [2.75, 3.05) is 7.11 Å². The van der Waals surface area contributed by atoms with Gasteiger partial charge in [0.1, 0.15) is 11.5 Å². The Hall–Kier alpha value is -2.54. The van der Waals surface area contributed by atoms with Gasteiger partial charge in [-0.3, -0.25) is 0 Å². The summed E-state index contributed by atoms with van der Waals surface area (Å²) in [5.41, 5.74) is 0.517. The summed E-state index contributed by atoms with van der Waals surface area (Å²) in [5.74, 6) is 1.80. The molecule has 0 saturated carbocycles. The molecule has 0 aliphatic heterocycles. The summed E-state index contributed by atoms with van der Waals surface area (Å²) in [6.07, 6.45) is 1.54. The Balaban J connectivity index is 2.16. The highest BCUT2D eigenvalue weighted by atomic mass is 16.5. The van der Waals surface area contributed by atoms with Crippen LogP contribution in [0.15, 0.2) is 42.6 Å². The van der Waals surface area contributed by atoms with Crippen LogP contribution in [0.1, 0.15) is 5.56 Å². The summed E-state index contributed by atoms with van der Waals surface area (Å²) in [6, 6.07) is 12.4. The Labute approximate surface area is 99.1 Å². The smallest absolute Gasteiger partial charge is 0.220 e. The van der Waals surface area contributed by atoms with Gasteiger partial charge in [-0.2, -0.15) is 5.26 Å². The largest absolute Gasteiger partial charge is 0.497 e. The molecule has 0 spiro atoms. The molecule has 0 aliphatic carbocycles. The number of hydrogen-bond acceptors (Lipinski definition) is 4. The highest BCUT2D eigenvalue weighted by molar-refractivity contribution is 5.36. The first-order chi connectivity index (χ1) is 8.31. The van der Waals surface area contributed by atoms with Crippen LogP contribution in [0.4, 0.5) is 0 Å². The predicted molar refractivity (Wildman–Crippen MR) is 62.0 cm³/mol. The summed E-state index contributed by atoms with van der Waals surface area (Å²) < 4.78 is 10.5. The van der Waals surface area contributed by atoms with Gasteiger partial charge < -0.3 is 9.47 Å². The van der Waals surface area contributed by atoms with E-state index in [1.807, 2.05) is 6.07 Å². The number of nitrogens with zero attached hydrogens (tertiary/aromatic N) is 2. The van der Waals surface area contributed by atoms with E-state index in [1.165, 1.54) is 6.20 Å². The molecule has 84 valence electrons. The molecule has 1 aromatic carbocycles. The normalized spacial score (nSPS) is 9.41. The quantitative estimate of drug-likeness (QED) is 0.807. The average molecular weight is 226 g/mol. The first-order valence-electron chi connectivity index (χ1n) is 5.00. The third-order valence-corrected chi connectivity index (χ3v) is 2.15. The lowest BCUT2D eigenvalue weighted by molar-refractivity contribution is 0.412. The highest BCUT2D eigenvalue weighted by Gasteiger charge is 2.00. The number of hydrogen-bond donors (Lipinski definition) is 0. The first-order valence-corrected chi connectivity index (χ1v) is 5.00. The fourth-order valence-electron chi connectivity index (χ4n) is 1.30. The van der Waals surface area contributed by atoms with E-state index in [-0.39, 0.29) is 0 Å². The maximum atomic E-state index is 8.75. The molecule has 0 atom stereocenters. The van der Waals surface area contributed by atoms with E-state index in [4.69, 9.17) is 14.7 Å². The number of benzene rings is 1. The van der Waals surface area contributed by atoms with Crippen LogP contribution in [0.25, 0.3) is 0 Å². The Bertz CT molecular complexity index is 544. The highest BCUT2D eigenvalue weighted by Crippen LogP contribution is 2.22. The third-order valence-electron chi connectivity index (χ3n) is 2.15. The topological polar surface area (TPSA) is 55.1 Å². The number of pyridine rings is 1. The minimum absolute atomic E-state index is 0.397. The Kier molecular flexibility index (Phi) is 3.22. The molecule has 0 fully saturated rings. The summed E-state index contributed by atoms with van der Waals surface area (Å²) in [7, 11) is 1.60. The van der Waals surface area contributed by atoms with Crippen molar-refractivity contribution in [1.29, 1.82) is 5.26 Å². The minimum atomic E-state index is 0.397. The molecule has 0 bridgehead atoms. The standard InChI is InChI=1S/C13H10N2O2/c1-16-11-2-4-12(5-3-11)17-13-8-10(9-14)6-7-15-13/h2-8H,1H3. The molecule has 1 heterocycles. The van der Waals surface area contributed by atoms with Crippen LogP contribution in [0.3, 0.4) is 0 Å². The van der Waals surface area contributed by atoms with Crippen molar-refractivity contribution in [1.82, 2.24) is 4.98 Å². The van der Waals surface area contributed by atoms with E-state index in [9.17, 15) is 0 Å². The van der Waals surface area contributed by atoms with Gasteiger partial charge in [0.2, 0.25) is 5.88 Å². The molecular formula is C13H10N2O2. The van der Waals surface area contributed by atoms with E-state index in [2.05, 4.69) is 4.98 Å². The van der Waals surface area contributed by atoms with Gasteiger partial charge in [-0.1, -0.05) is 0 Å². The van der Waals surface area contributed by atoms with Gasteiger partial charge in [0.05, 0.1) is 18.7 Å². The Morgan fingerprint density at radius 3 is 2.47 bits per heavy atom. The second-order valence-corrected chi connectivity index (χ2v) is 3.27. The average Bonchev–Trinajstić information content (AvgIpc) is 2.40. The van der Waals surface area contributed by atoms with Crippen LogP contribution in [-0.2, 0) is 0 Å². The lowest BCUT2D eigenvalue weighted by atomic mass is 10.3. The van der Waals surface area contributed by atoms with Crippen LogP contribution in [0, 0.1) is 11.3 Å². The fourth-order valence-corrected chi connectivity index (χ4v) is 1.30. The molecule has 17 heavy (non-hydrogen) atoms. The summed E-state index contributed by atoms with van der Waals surface area (Å²) >= 11 is 0. The molecule has 0 aliphatic rings. The second-order valence-electron chi connectivity index (χ2n) is 3.27. The first kappa shape index (κ1) is 11.0. The van der Waals surface area contributed by atoms with E-state index in [1.54, 1.807) is 43.5 Å². The molecule has 4 nitrogen and oxygen atoms in total. The van der Waals surface area contributed by atoms with Crippen molar-refractivity contribution in [3.05, 3.63) is 48.2 Å². The molecule has 1 aromatic heterocycles. The maximum Gasteiger partial charge on any atom is 0.220 e. The summed E-state index contributed by atoms with van der Waals surface area (Å²) in [6.45, 7) is 0. The van der Waals surface area contributed by atoms with Crippen molar-refractivity contribution in [2.45, 2.75) is 0 Å². The van der Waals surface area contributed by atoms with E-state index in [0.29, 0.717) is 17.2 Å². The van der Waals surface area contributed by atoms with Crippen LogP contribution in [0.2, 0.25) is 0 Å². The summed E-state index contributed by atoms with van der Waals surface area (Å²) in [4.78, 5) is 4.02. The number of nitriles is 1. The van der Waals surface area contributed by atoms with Crippen molar-refractivity contribution in [3.8, 4) is 23.4 Å². The van der Waals surface area contributed by atoms with E-state index < -0.39 is 0 Å². The fraction of sp³-hybridized carbons (Fsp3) is 0.0769. The molecule has 0 radical (unpaired) electrons. The van der Waals surface area contributed by atoms with E-state index in [0.717, 1.165) is 5.75 Å². The predicted octanol–water partition coefficient (Wildman–Crippen LogP) is 2.75. The molecule has 2 aromatic rings. The van der Waals surface area contributed by atoms with Crippen molar-refractivity contribution in [2.24, 2.45) is 0 Å². The maximum absolute atomic E-state index is 8.75. The van der Waals surface area contributed by atoms with Crippen molar-refractivity contribution < 1.29 is 9.47 Å². The Morgan fingerprint density at radius 1 is 1.12 bits per heavy atom. The minimum Gasteiger partial charge on any atom is -0.497 e. The molecular weight excluding hydrogens is 216 g/mol. The van der Waals surface area contributed by atoms with Gasteiger partial charge in [-0.05, 0) is 30.3 Å². The Morgan fingerprint density at radius 2 is 1.82 bits per heavy atom. The monoisotopic (exact) mass is 226 g/mol. The second kappa shape index (κ2) is 4.99. The number of rotatable bonds is 3. The molecule has 0 N–H and O–H groups in total. The molecule has 4 heteroatoms. The zero-order valence-electron chi connectivity index (χ0n) is 9.25. The van der Waals surface area contributed by atoms with Crippen molar-refractivity contribution >= 4 is 0 Å². The third kappa shape index (κ3) is 2.73.